The Labute approximate surface area is 87.8 Å². The molecule has 1 unspecified atom stereocenters. The van der Waals surface area contributed by atoms with Crippen molar-refractivity contribution in [2.75, 3.05) is 19.8 Å². The summed E-state index contributed by atoms with van der Waals surface area (Å²) in [5.74, 6) is 0.768. The summed E-state index contributed by atoms with van der Waals surface area (Å²) in [4.78, 5) is 0. The molecule has 3 heteroatoms. The van der Waals surface area contributed by atoms with Crippen LogP contribution in [0.1, 0.15) is 25.7 Å². The molecule has 2 nitrogen and oxygen atoms in total. The highest BCUT2D eigenvalue weighted by atomic mass is 127. The minimum absolute atomic E-state index is 0.248. The Balaban J connectivity index is 1.98. The lowest BCUT2D eigenvalue weighted by molar-refractivity contribution is 0.0904. The molecule has 1 fully saturated rings. The Morgan fingerprint density at radius 3 is 2.83 bits per heavy atom. The van der Waals surface area contributed by atoms with E-state index in [0.29, 0.717) is 0 Å². The highest BCUT2D eigenvalue weighted by Crippen LogP contribution is 2.31. The minimum atomic E-state index is 0.248. The van der Waals surface area contributed by atoms with Crippen LogP contribution in [-0.4, -0.2) is 28.9 Å². The molecule has 0 aromatic rings. The summed E-state index contributed by atoms with van der Waals surface area (Å²) in [5, 5.41) is 8.53. The van der Waals surface area contributed by atoms with Gasteiger partial charge in [-0.3, -0.25) is 0 Å². The molecule has 1 N–H and O–H groups in total. The molecular formula is C9H17IO2. The van der Waals surface area contributed by atoms with E-state index >= 15 is 0 Å². The number of halogens is 1. The average Bonchev–Trinajstić information content (AvgIpc) is 2.46. The first-order chi connectivity index (χ1) is 5.84. The normalized spacial score (nSPS) is 29.5. The van der Waals surface area contributed by atoms with Crippen molar-refractivity contribution in [2.24, 2.45) is 5.92 Å². The van der Waals surface area contributed by atoms with E-state index in [1.807, 2.05) is 0 Å². The van der Waals surface area contributed by atoms with Crippen molar-refractivity contribution in [1.29, 1.82) is 0 Å². The van der Waals surface area contributed by atoms with E-state index in [2.05, 4.69) is 22.6 Å². The van der Waals surface area contributed by atoms with Crippen LogP contribution in [0.4, 0.5) is 0 Å². The first-order valence-electron chi connectivity index (χ1n) is 4.67. The molecule has 0 heterocycles. The van der Waals surface area contributed by atoms with Crippen LogP contribution >= 0.6 is 22.6 Å². The fourth-order valence-corrected chi connectivity index (χ4v) is 2.59. The van der Waals surface area contributed by atoms with Crippen molar-refractivity contribution in [2.45, 2.75) is 29.6 Å². The zero-order chi connectivity index (χ0) is 8.81. The van der Waals surface area contributed by atoms with Gasteiger partial charge in [-0.15, -0.1) is 0 Å². The van der Waals surface area contributed by atoms with Gasteiger partial charge in [0.05, 0.1) is 6.61 Å². The number of hydrogen-bond acceptors (Lipinski definition) is 2. The van der Waals surface area contributed by atoms with Crippen LogP contribution in [0.5, 0.6) is 0 Å². The van der Waals surface area contributed by atoms with Gasteiger partial charge in [-0.25, -0.2) is 0 Å². The number of aliphatic hydroxyl groups excluding tert-OH is 1. The van der Waals surface area contributed by atoms with Gasteiger partial charge in [0, 0.05) is 17.1 Å². The quantitative estimate of drug-likeness (QED) is 0.475. The van der Waals surface area contributed by atoms with Crippen LogP contribution in [0, 0.1) is 5.92 Å². The standard InChI is InChI=1S/C9H17IO2/c10-9-4-1-3-8(9)7-12-6-2-5-11/h8-9,11H,1-7H2/t8-,9?/m1/s1. The lowest BCUT2D eigenvalue weighted by atomic mass is 10.1. The first kappa shape index (κ1) is 10.7. The van der Waals surface area contributed by atoms with Crippen LogP contribution < -0.4 is 0 Å². The molecule has 72 valence electrons. The molecule has 1 rings (SSSR count). The summed E-state index contributed by atoms with van der Waals surface area (Å²) in [5.41, 5.74) is 0. The van der Waals surface area contributed by atoms with Crippen molar-refractivity contribution in [3.8, 4) is 0 Å². The second kappa shape index (κ2) is 6.16. The maximum Gasteiger partial charge on any atom is 0.0504 e. The van der Waals surface area contributed by atoms with E-state index in [0.717, 1.165) is 29.5 Å². The predicted octanol–water partition coefficient (Wildman–Crippen LogP) is 1.99. The van der Waals surface area contributed by atoms with Crippen LogP contribution in [0.15, 0.2) is 0 Å². The smallest absolute Gasteiger partial charge is 0.0504 e. The van der Waals surface area contributed by atoms with Gasteiger partial charge in [0.15, 0.2) is 0 Å². The first-order valence-corrected chi connectivity index (χ1v) is 5.92. The Kier molecular flexibility index (Phi) is 5.50. The van der Waals surface area contributed by atoms with Crippen molar-refractivity contribution in [1.82, 2.24) is 0 Å². The number of ether oxygens (including phenoxy) is 1. The fourth-order valence-electron chi connectivity index (χ4n) is 1.58. The zero-order valence-corrected chi connectivity index (χ0v) is 9.50. The van der Waals surface area contributed by atoms with Gasteiger partial charge in [-0.2, -0.15) is 0 Å². The third kappa shape index (κ3) is 3.58. The maximum absolute atomic E-state index is 8.53. The van der Waals surface area contributed by atoms with Gasteiger partial charge in [-0.1, -0.05) is 29.0 Å². The van der Waals surface area contributed by atoms with Crippen molar-refractivity contribution >= 4 is 22.6 Å². The largest absolute Gasteiger partial charge is 0.396 e. The van der Waals surface area contributed by atoms with Crippen LogP contribution in [0.3, 0.4) is 0 Å². The fraction of sp³-hybridized carbons (Fsp3) is 1.00. The molecule has 1 aliphatic carbocycles. The van der Waals surface area contributed by atoms with Gasteiger partial charge in [0.2, 0.25) is 0 Å². The lowest BCUT2D eigenvalue weighted by Crippen LogP contribution is -2.14. The Bertz CT molecular complexity index is 119. The van der Waals surface area contributed by atoms with Crippen molar-refractivity contribution in [3.63, 3.8) is 0 Å². The van der Waals surface area contributed by atoms with Crippen LogP contribution in [0.25, 0.3) is 0 Å². The monoisotopic (exact) mass is 284 g/mol. The van der Waals surface area contributed by atoms with E-state index < -0.39 is 0 Å². The van der Waals surface area contributed by atoms with E-state index in [9.17, 15) is 0 Å². The topological polar surface area (TPSA) is 29.5 Å². The zero-order valence-electron chi connectivity index (χ0n) is 7.34. The second-order valence-corrected chi connectivity index (χ2v) is 4.96. The summed E-state index contributed by atoms with van der Waals surface area (Å²) in [6.07, 6.45) is 4.82. The van der Waals surface area contributed by atoms with E-state index in [-0.39, 0.29) is 6.61 Å². The molecule has 12 heavy (non-hydrogen) atoms. The molecule has 0 radical (unpaired) electrons. The number of rotatable bonds is 5. The molecular weight excluding hydrogens is 267 g/mol. The molecule has 0 aromatic carbocycles. The van der Waals surface area contributed by atoms with E-state index in [1.54, 1.807) is 0 Å². The summed E-state index contributed by atoms with van der Waals surface area (Å²) >= 11 is 2.53. The molecule has 0 aliphatic heterocycles. The SMILES string of the molecule is OCCCOC[C@H]1CCCC1I. The van der Waals surface area contributed by atoms with Gasteiger partial charge < -0.3 is 9.84 Å². The van der Waals surface area contributed by atoms with E-state index in [1.165, 1.54) is 19.3 Å². The summed E-state index contributed by atoms with van der Waals surface area (Å²) in [7, 11) is 0. The molecule has 0 amide bonds. The summed E-state index contributed by atoms with van der Waals surface area (Å²) in [6, 6.07) is 0. The van der Waals surface area contributed by atoms with Gasteiger partial charge in [-0.05, 0) is 25.2 Å². The highest BCUT2D eigenvalue weighted by Gasteiger charge is 2.24. The summed E-state index contributed by atoms with van der Waals surface area (Å²) in [6.45, 7) is 1.86. The molecule has 0 bridgehead atoms. The third-order valence-electron chi connectivity index (χ3n) is 2.35. The highest BCUT2D eigenvalue weighted by molar-refractivity contribution is 14.1. The Morgan fingerprint density at radius 1 is 1.42 bits per heavy atom. The molecule has 0 saturated heterocycles. The average molecular weight is 284 g/mol. The molecule has 0 spiro atoms. The number of alkyl halides is 1. The van der Waals surface area contributed by atoms with Crippen LogP contribution in [-0.2, 0) is 4.74 Å². The lowest BCUT2D eigenvalue weighted by Gasteiger charge is -2.13. The van der Waals surface area contributed by atoms with Crippen molar-refractivity contribution in [3.05, 3.63) is 0 Å². The number of aliphatic hydroxyl groups is 1. The maximum atomic E-state index is 8.53. The second-order valence-electron chi connectivity index (χ2n) is 3.36. The minimum Gasteiger partial charge on any atom is -0.396 e. The van der Waals surface area contributed by atoms with Gasteiger partial charge >= 0.3 is 0 Å². The Hall–Kier alpha value is 0.650. The van der Waals surface area contributed by atoms with E-state index in [4.69, 9.17) is 9.84 Å². The van der Waals surface area contributed by atoms with Gasteiger partial charge in [0.25, 0.3) is 0 Å². The molecule has 1 aliphatic rings. The van der Waals surface area contributed by atoms with Crippen molar-refractivity contribution < 1.29 is 9.84 Å². The molecule has 2 atom stereocenters. The Morgan fingerprint density at radius 2 is 2.25 bits per heavy atom. The summed E-state index contributed by atoms with van der Waals surface area (Å²) < 4.78 is 6.28. The van der Waals surface area contributed by atoms with Gasteiger partial charge in [0.1, 0.15) is 0 Å². The van der Waals surface area contributed by atoms with Crippen LogP contribution in [0.2, 0.25) is 0 Å². The molecule has 0 aromatic heterocycles. The third-order valence-corrected chi connectivity index (χ3v) is 3.98. The number of hydrogen-bond donors (Lipinski definition) is 1. The molecule has 1 saturated carbocycles. The predicted molar refractivity (Wildman–Crippen MR) is 57.7 cm³/mol.